The summed E-state index contributed by atoms with van der Waals surface area (Å²) in [7, 11) is 0. The third kappa shape index (κ3) is 3.82. The predicted molar refractivity (Wildman–Crippen MR) is 83.0 cm³/mol. The lowest BCUT2D eigenvalue weighted by Crippen LogP contribution is -2.41. The van der Waals surface area contributed by atoms with Gasteiger partial charge >= 0.3 is 0 Å². The molecule has 0 N–H and O–H groups in total. The van der Waals surface area contributed by atoms with E-state index in [1.807, 2.05) is 17.3 Å². The van der Waals surface area contributed by atoms with Crippen molar-refractivity contribution in [3.63, 3.8) is 0 Å². The molecule has 0 spiro atoms. The number of aromatic nitrogens is 1. The fourth-order valence-electron chi connectivity index (χ4n) is 3.55. The maximum absolute atomic E-state index is 12.3. The van der Waals surface area contributed by atoms with Crippen molar-refractivity contribution in [1.82, 2.24) is 14.8 Å². The molecule has 0 aromatic carbocycles. The van der Waals surface area contributed by atoms with Gasteiger partial charge in [-0.15, -0.1) is 0 Å². The molecule has 0 unspecified atom stereocenters. The van der Waals surface area contributed by atoms with E-state index in [4.69, 9.17) is 0 Å². The molecule has 0 aliphatic carbocycles. The SMILES string of the molecule is O=C(CN1CCC[C@H]1CCc1ccncc1)N1CCCC1. The summed E-state index contributed by atoms with van der Waals surface area (Å²) < 4.78 is 0. The molecule has 114 valence electrons. The summed E-state index contributed by atoms with van der Waals surface area (Å²) in [6, 6.07) is 4.76. The van der Waals surface area contributed by atoms with Gasteiger partial charge in [-0.25, -0.2) is 0 Å². The van der Waals surface area contributed by atoms with Gasteiger partial charge in [0.05, 0.1) is 6.54 Å². The van der Waals surface area contributed by atoms with E-state index >= 15 is 0 Å². The van der Waals surface area contributed by atoms with Gasteiger partial charge in [-0.3, -0.25) is 14.7 Å². The highest BCUT2D eigenvalue weighted by Crippen LogP contribution is 2.22. The van der Waals surface area contributed by atoms with Gasteiger partial charge in [0, 0.05) is 31.5 Å². The quantitative estimate of drug-likeness (QED) is 0.832. The molecule has 0 bridgehead atoms. The zero-order valence-electron chi connectivity index (χ0n) is 12.7. The first-order valence-electron chi connectivity index (χ1n) is 8.23. The topological polar surface area (TPSA) is 36.4 Å². The lowest BCUT2D eigenvalue weighted by atomic mass is 10.0. The third-order valence-corrected chi connectivity index (χ3v) is 4.81. The van der Waals surface area contributed by atoms with Crippen LogP contribution in [0.5, 0.6) is 0 Å². The molecule has 3 heterocycles. The highest BCUT2D eigenvalue weighted by molar-refractivity contribution is 5.78. The van der Waals surface area contributed by atoms with E-state index < -0.39 is 0 Å². The molecule has 2 fully saturated rings. The van der Waals surface area contributed by atoms with Crippen molar-refractivity contribution < 1.29 is 4.79 Å². The lowest BCUT2D eigenvalue weighted by Gasteiger charge is -2.26. The van der Waals surface area contributed by atoms with Gasteiger partial charge in [0.1, 0.15) is 0 Å². The van der Waals surface area contributed by atoms with Crippen LogP contribution in [-0.2, 0) is 11.2 Å². The van der Waals surface area contributed by atoms with E-state index in [-0.39, 0.29) is 0 Å². The summed E-state index contributed by atoms with van der Waals surface area (Å²) in [5.41, 5.74) is 1.35. The molecule has 1 aromatic heterocycles. The molecule has 2 saturated heterocycles. The normalized spacial score (nSPS) is 22.9. The fraction of sp³-hybridized carbons (Fsp3) is 0.647. The minimum atomic E-state index is 0.336. The largest absolute Gasteiger partial charge is 0.342 e. The molecule has 1 amide bonds. The summed E-state index contributed by atoms with van der Waals surface area (Å²) in [5.74, 6) is 0.336. The van der Waals surface area contributed by atoms with Gasteiger partial charge in [0.25, 0.3) is 0 Å². The van der Waals surface area contributed by atoms with Crippen LogP contribution in [0.4, 0.5) is 0 Å². The molecular formula is C17H25N3O. The Hall–Kier alpha value is -1.42. The molecule has 0 saturated carbocycles. The van der Waals surface area contributed by atoms with Crippen molar-refractivity contribution in [1.29, 1.82) is 0 Å². The highest BCUT2D eigenvalue weighted by atomic mass is 16.2. The van der Waals surface area contributed by atoms with Gasteiger partial charge in [-0.1, -0.05) is 0 Å². The van der Waals surface area contributed by atoms with Gasteiger partial charge < -0.3 is 4.90 Å². The van der Waals surface area contributed by atoms with E-state index in [1.54, 1.807) is 0 Å². The zero-order chi connectivity index (χ0) is 14.5. The van der Waals surface area contributed by atoms with Crippen molar-refractivity contribution in [3.8, 4) is 0 Å². The van der Waals surface area contributed by atoms with Crippen LogP contribution >= 0.6 is 0 Å². The Morgan fingerprint density at radius 2 is 1.90 bits per heavy atom. The minimum Gasteiger partial charge on any atom is -0.342 e. The van der Waals surface area contributed by atoms with Gasteiger partial charge in [0.15, 0.2) is 0 Å². The fourth-order valence-corrected chi connectivity index (χ4v) is 3.55. The van der Waals surface area contributed by atoms with Crippen LogP contribution < -0.4 is 0 Å². The number of amides is 1. The van der Waals surface area contributed by atoms with Gasteiger partial charge in [-0.2, -0.15) is 0 Å². The van der Waals surface area contributed by atoms with Crippen LogP contribution in [-0.4, -0.2) is 52.9 Å². The van der Waals surface area contributed by atoms with Crippen molar-refractivity contribution in [3.05, 3.63) is 30.1 Å². The Balaban J connectivity index is 1.49. The molecule has 0 radical (unpaired) electrons. The molecule has 3 rings (SSSR count). The number of nitrogens with zero attached hydrogens (tertiary/aromatic N) is 3. The Morgan fingerprint density at radius 1 is 1.14 bits per heavy atom. The van der Waals surface area contributed by atoms with Crippen LogP contribution in [0.15, 0.2) is 24.5 Å². The summed E-state index contributed by atoms with van der Waals surface area (Å²) in [6.45, 7) is 3.64. The summed E-state index contributed by atoms with van der Waals surface area (Å²) in [4.78, 5) is 20.8. The van der Waals surface area contributed by atoms with E-state index in [0.29, 0.717) is 18.5 Å². The second kappa shape index (κ2) is 7.03. The Labute approximate surface area is 127 Å². The number of likely N-dealkylation sites (tertiary alicyclic amines) is 2. The standard InChI is InChI=1S/C17H25N3O/c21-17(19-11-1-2-12-19)14-20-13-3-4-16(20)6-5-15-7-9-18-10-8-15/h7-10,16H,1-6,11-14H2/t16-/m0/s1. The van der Waals surface area contributed by atoms with E-state index in [1.165, 1.54) is 31.2 Å². The Morgan fingerprint density at radius 3 is 2.67 bits per heavy atom. The summed E-state index contributed by atoms with van der Waals surface area (Å²) in [5, 5.41) is 0. The lowest BCUT2D eigenvalue weighted by molar-refractivity contribution is -0.131. The van der Waals surface area contributed by atoms with Crippen LogP contribution in [0.3, 0.4) is 0 Å². The molecule has 2 aliphatic heterocycles. The maximum Gasteiger partial charge on any atom is 0.236 e. The molecule has 1 aromatic rings. The predicted octanol–water partition coefficient (Wildman–Crippen LogP) is 2.10. The number of hydrogen-bond donors (Lipinski definition) is 0. The van der Waals surface area contributed by atoms with Crippen molar-refractivity contribution in [2.75, 3.05) is 26.2 Å². The smallest absolute Gasteiger partial charge is 0.236 e. The van der Waals surface area contributed by atoms with E-state index in [2.05, 4.69) is 22.0 Å². The molecule has 21 heavy (non-hydrogen) atoms. The van der Waals surface area contributed by atoms with Crippen molar-refractivity contribution in [2.24, 2.45) is 0 Å². The molecule has 4 heteroatoms. The van der Waals surface area contributed by atoms with Gasteiger partial charge in [0.2, 0.25) is 5.91 Å². The summed E-state index contributed by atoms with van der Waals surface area (Å²) in [6.07, 6.45) is 10.8. The first-order valence-corrected chi connectivity index (χ1v) is 8.23. The van der Waals surface area contributed by atoms with E-state index in [0.717, 1.165) is 32.5 Å². The van der Waals surface area contributed by atoms with E-state index in [9.17, 15) is 4.79 Å². The number of hydrogen-bond acceptors (Lipinski definition) is 3. The number of aryl methyl sites for hydroxylation is 1. The second-order valence-corrected chi connectivity index (χ2v) is 6.25. The van der Waals surface area contributed by atoms with Crippen LogP contribution in [0, 0.1) is 0 Å². The number of carbonyl (C=O) groups excluding carboxylic acids is 1. The molecule has 2 aliphatic rings. The first-order chi connectivity index (χ1) is 10.3. The summed E-state index contributed by atoms with van der Waals surface area (Å²) >= 11 is 0. The minimum absolute atomic E-state index is 0.336. The number of pyridine rings is 1. The van der Waals surface area contributed by atoms with Crippen molar-refractivity contribution >= 4 is 5.91 Å². The molecule has 1 atom stereocenters. The van der Waals surface area contributed by atoms with Gasteiger partial charge in [-0.05, 0) is 62.8 Å². The zero-order valence-corrected chi connectivity index (χ0v) is 12.7. The number of carbonyl (C=O) groups is 1. The monoisotopic (exact) mass is 287 g/mol. The first kappa shape index (κ1) is 14.5. The van der Waals surface area contributed by atoms with Crippen molar-refractivity contribution in [2.45, 2.75) is 44.6 Å². The Kier molecular flexibility index (Phi) is 4.86. The van der Waals surface area contributed by atoms with Crippen LogP contribution in [0.2, 0.25) is 0 Å². The number of rotatable bonds is 5. The maximum atomic E-state index is 12.3. The second-order valence-electron chi connectivity index (χ2n) is 6.25. The molecule has 4 nitrogen and oxygen atoms in total. The Bertz CT molecular complexity index is 456. The average molecular weight is 287 g/mol. The average Bonchev–Trinajstić information content (AvgIpc) is 3.18. The van der Waals surface area contributed by atoms with Crippen LogP contribution in [0.1, 0.15) is 37.7 Å². The molecular weight excluding hydrogens is 262 g/mol. The third-order valence-electron chi connectivity index (χ3n) is 4.81. The van der Waals surface area contributed by atoms with Crippen LogP contribution in [0.25, 0.3) is 0 Å². The highest BCUT2D eigenvalue weighted by Gasteiger charge is 2.28.